The number of aromatic nitrogens is 1. The molecule has 0 saturated carbocycles. The lowest BCUT2D eigenvalue weighted by molar-refractivity contribution is -0.119. The summed E-state index contributed by atoms with van der Waals surface area (Å²) in [4.78, 5) is 26.1. The summed E-state index contributed by atoms with van der Waals surface area (Å²) in [5.74, 6) is -0.556. The second-order valence-corrected chi connectivity index (χ2v) is 4.72. The highest BCUT2D eigenvalue weighted by molar-refractivity contribution is 6.30. The predicted octanol–water partition coefficient (Wildman–Crippen LogP) is 2.86. The van der Waals surface area contributed by atoms with Crippen LogP contribution >= 0.6 is 11.6 Å². The Bertz CT molecular complexity index is 669. The van der Waals surface area contributed by atoms with E-state index in [-0.39, 0.29) is 5.69 Å². The second-order valence-electron chi connectivity index (χ2n) is 4.29. The van der Waals surface area contributed by atoms with Gasteiger partial charge in [-0.1, -0.05) is 23.7 Å². The van der Waals surface area contributed by atoms with E-state index in [0.29, 0.717) is 23.1 Å². The number of hydrogen-bond donors (Lipinski definition) is 2. The number of carbonyl (C=O) groups is 2. The number of aromatic amines is 1. The maximum atomic E-state index is 11.8. The first-order valence-electron chi connectivity index (χ1n) is 6.63. The fourth-order valence-electron chi connectivity index (χ4n) is 1.73. The van der Waals surface area contributed by atoms with E-state index < -0.39 is 18.5 Å². The number of esters is 1. The van der Waals surface area contributed by atoms with Gasteiger partial charge in [0.2, 0.25) is 0 Å². The molecule has 2 aromatic rings. The van der Waals surface area contributed by atoms with Crippen LogP contribution in [0.4, 0.5) is 5.69 Å². The molecule has 0 bridgehead atoms. The molecular weight excluding hydrogens is 308 g/mol. The summed E-state index contributed by atoms with van der Waals surface area (Å²) in [7, 11) is 0. The van der Waals surface area contributed by atoms with Crippen molar-refractivity contribution in [2.75, 3.05) is 18.5 Å². The molecule has 6 nitrogen and oxygen atoms in total. The van der Waals surface area contributed by atoms with Gasteiger partial charge in [-0.25, -0.2) is 4.79 Å². The molecule has 2 rings (SSSR count). The van der Waals surface area contributed by atoms with Gasteiger partial charge in [0.1, 0.15) is 11.4 Å². The molecule has 0 aliphatic rings. The Morgan fingerprint density at radius 1 is 1.32 bits per heavy atom. The molecule has 0 atom stereocenters. The van der Waals surface area contributed by atoms with Gasteiger partial charge in [0, 0.05) is 6.20 Å². The van der Waals surface area contributed by atoms with Crippen molar-refractivity contribution >= 4 is 29.2 Å². The van der Waals surface area contributed by atoms with Crippen LogP contribution in [0.5, 0.6) is 5.75 Å². The van der Waals surface area contributed by atoms with Crippen molar-refractivity contribution in [2.45, 2.75) is 6.92 Å². The molecule has 1 amide bonds. The van der Waals surface area contributed by atoms with E-state index in [0.717, 1.165) is 0 Å². The predicted molar refractivity (Wildman–Crippen MR) is 82.3 cm³/mol. The lowest BCUT2D eigenvalue weighted by Crippen LogP contribution is -2.21. The third kappa shape index (κ3) is 4.26. The summed E-state index contributed by atoms with van der Waals surface area (Å²) in [6, 6.07) is 8.44. The molecule has 7 heteroatoms. The van der Waals surface area contributed by atoms with E-state index in [1.54, 1.807) is 24.3 Å². The standard InChI is InChI=1S/C15H15ClN2O4/c1-2-21-13-6-4-3-5-11(13)18-14(19)9-22-15(20)12-7-10(16)8-17-12/h3-8,17H,2,9H2,1H3,(H,18,19). The lowest BCUT2D eigenvalue weighted by Gasteiger charge is -2.11. The van der Waals surface area contributed by atoms with Crippen LogP contribution < -0.4 is 10.1 Å². The average molecular weight is 323 g/mol. The highest BCUT2D eigenvalue weighted by Gasteiger charge is 2.13. The zero-order valence-corrected chi connectivity index (χ0v) is 12.6. The van der Waals surface area contributed by atoms with Gasteiger partial charge in [0.05, 0.1) is 17.3 Å². The number of anilines is 1. The molecule has 0 radical (unpaired) electrons. The maximum Gasteiger partial charge on any atom is 0.355 e. The van der Waals surface area contributed by atoms with E-state index in [1.165, 1.54) is 12.3 Å². The number of carbonyl (C=O) groups excluding carboxylic acids is 2. The summed E-state index contributed by atoms with van der Waals surface area (Å²) >= 11 is 5.69. The largest absolute Gasteiger partial charge is 0.492 e. The second kappa shape index (κ2) is 7.51. The molecule has 0 saturated heterocycles. The molecular formula is C15H15ClN2O4. The number of amides is 1. The van der Waals surface area contributed by atoms with Gasteiger partial charge >= 0.3 is 5.97 Å². The molecule has 1 heterocycles. The third-order valence-electron chi connectivity index (χ3n) is 2.66. The average Bonchev–Trinajstić information content (AvgIpc) is 2.94. The Morgan fingerprint density at radius 3 is 2.77 bits per heavy atom. The number of benzene rings is 1. The molecule has 0 aliphatic heterocycles. The van der Waals surface area contributed by atoms with Crippen molar-refractivity contribution in [3.63, 3.8) is 0 Å². The van der Waals surface area contributed by atoms with Gasteiger partial charge < -0.3 is 19.8 Å². The minimum Gasteiger partial charge on any atom is -0.492 e. The van der Waals surface area contributed by atoms with Crippen molar-refractivity contribution in [1.82, 2.24) is 4.98 Å². The molecule has 116 valence electrons. The Kier molecular flexibility index (Phi) is 5.43. The summed E-state index contributed by atoms with van der Waals surface area (Å²) in [6.07, 6.45) is 1.45. The van der Waals surface area contributed by atoms with E-state index in [4.69, 9.17) is 21.1 Å². The van der Waals surface area contributed by atoms with Crippen molar-refractivity contribution in [2.24, 2.45) is 0 Å². The van der Waals surface area contributed by atoms with Crippen LogP contribution in [0.3, 0.4) is 0 Å². The number of halogens is 1. The SMILES string of the molecule is CCOc1ccccc1NC(=O)COC(=O)c1cc(Cl)c[nH]1. The van der Waals surface area contributed by atoms with Crippen LogP contribution in [0.2, 0.25) is 5.02 Å². The van der Waals surface area contributed by atoms with Gasteiger partial charge in [0.15, 0.2) is 6.61 Å². The van der Waals surface area contributed by atoms with Gasteiger partial charge in [-0.05, 0) is 25.1 Å². The third-order valence-corrected chi connectivity index (χ3v) is 2.88. The van der Waals surface area contributed by atoms with Gasteiger partial charge in [-0.15, -0.1) is 0 Å². The summed E-state index contributed by atoms with van der Waals surface area (Å²) in [6.45, 7) is 1.92. The summed E-state index contributed by atoms with van der Waals surface area (Å²) in [5.41, 5.74) is 0.709. The Morgan fingerprint density at radius 2 is 2.09 bits per heavy atom. The zero-order chi connectivity index (χ0) is 15.9. The van der Waals surface area contributed by atoms with Crippen LogP contribution in [-0.2, 0) is 9.53 Å². The van der Waals surface area contributed by atoms with Crippen LogP contribution in [0, 0.1) is 0 Å². The first-order valence-corrected chi connectivity index (χ1v) is 7.00. The van der Waals surface area contributed by atoms with Crippen LogP contribution in [0.25, 0.3) is 0 Å². The first kappa shape index (κ1) is 15.9. The fraction of sp³-hybridized carbons (Fsp3) is 0.200. The molecule has 0 aliphatic carbocycles. The molecule has 0 unspecified atom stereocenters. The highest BCUT2D eigenvalue weighted by Crippen LogP contribution is 2.23. The Labute approximate surface area is 132 Å². The van der Waals surface area contributed by atoms with E-state index in [2.05, 4.69) is 10.3 Å². The van der Waals surface area contributed by atoms with E-state index >= 15 is 0 Å². The number of para-hydroxylation sites is 2. The van der Waals surface area contributed by atoms with Crippen LogP contribution in [0.1, 0.15) is 17.4 Å². The topological polar surface area (TPSA) is 80.4 Å². The molecule has 0 spiro atoms. The van der Waals surface area contributed by atoms with Gasteiger partial charge in [-0.3, -0.25) is 4.79 Å². The smallest absolute Gasteiger partial charge is 0.355 e. The number of hydrogen-bond acceptors (Lipinski definition) is 4. The maximum absolute atomic E-state index is 11.8. The minimum atomic E-state index is -0.653. The van der Waals surface area contributed by atoms with Gasteiger partial charge in [-0.2, -0.15) is 0 Å². The summed E-state index contributed by atoms with van der Waals surface area (Å²) < 4.78 is 10.3. The number of ether oxygens (including phenoxy) is 2. The van der Waals surface area contributed by atoms with Gasteiger partial charge in [0.25, 0.3) is 5.91 Å². The molecule has 2 N–H and O–H groups in total. The van der Waals surface area contributed by atoms with Crippen molar-refractivity contribution < 1.29 is 19.1 Å². The fourth-order valence-corrected chi connectivity index (χ4v) is 1.90. The quantitative estimate of drug-likeness (QED) is 0.801. The first-order chi connectivity index (χ1) is 10.6. The molecule has 1 aromatic heterocycles. The van der Waals surface area contributed by atoms with Crippen molar-refractivity contribution in [3.8, 4) is 5.75 Å². The van der Waals surface area contributed by atoms with Crippen LogP contribution in [-0.4, -0.2) is 30.1 Å². The van der Waals surface area contributed by atoms with Crippen molar-refractivity contribution in [1.29, 1.82) is 0 Å². The normalized spacial score (nSPS) is 10.1. The lowest BCUT2D eigenvalue weighted by atomic mass is 10.3. The Hall–Kier alpha value is -2.47. The summed E-state index contributed by atoms with van der Waals surface area (Å²) in [5, 5.41) is 3.02. The van der Waals surface area contributed by atoms with E-state index in [9.17, 15) is 9.59 Å². The zero-order valence-electron chi connectivity index (χ0n) is 11.9. The Balaban J connectivity index is 1.89. The number of nitrogens with one attached hydrogen (secondary N) is 2. The molecule has 0 fully saturated rings. The monoisotopic (exact) mass is 322 g/mol. The van der Waals surface area contributed by atoms with Crippen molar-refractivity contribution in [3.05, 3.63) is 47.2 Å². The molecule has 1 aromatic carbocycles. The number of H-pyrrole nitrogens is 1. The van der Waals surface area contributed by atoms with E-state index in [1.807, 2.05) is 6.92 Å². The minimum absolute atomic E-state index is 0.188. The van der Waals surface area contributed by atoms with Crippen LogP contribution in [0.15, 0.2) is 36.5 Å². The number of rotatable bonds is 6. The highest BCUT2D eigenvalue weighted by atomic mass is 35.5. The molecule has 22 heavy (non-hydrogen) atoms.